The Morgan fingerprint density at radius 1 is 1.22 bits per heavy atom. The molecule has 0 atom stereocenters. The second-order valence-corrected chi connectivity index (χ2v) is 6.73. The standard InChI is InChI=1S/C21H20N4O7/c1-32-21(29)16-12-24(9-10-26)20(28)18(16)23-17-8-7-14(25(30)31)11-15(17)19(27)22-13-5-3-2-4-6-13/h2-8,11,23,26H,9-10,12H2,1H3,(H,22,27). The number of benzene rings is 2. The number of methoxy groups -OCH3 is 1. The Balaban J connectivity index is 2.00. The van der Waals surface area contributed by atoms with Gasteiger partial charge in [-0.2, -0.15) is 0 Å². The van der Waals surface area contributed by atoms with Crippen LogP contribution in [0.15, 0.2) is 59.8 Å². The average Bonchev–Trinajstić information content (AvgIpc) is 3.09. The number of aliphatic hydroxyl groups is 1. The molecular weight excluding hydrogens is 420 g/mol. The number of nitro groups is 1. The van der Waals surface area contributed by atoms with Gasteiger partial charge in [-0.05, 0) is 18.2 Å². The van der Waals surface area contributed by atoms with Gasteiger partial charge in [0.2, 0.25) is 0 Å². The minimum absolute atomic E-state index is 0.00782. The minimum atomic E-state index is -0.751. The van der Waals surface area contributed by atoms with E-state index in [4.69, 9.17) is 4.74 Å². The second kappa shape index (κ2) is 9.71. The number of rotatable bonds is 8. The first-order valence-electron chi connectivity index (χ1n) is 9.49. The Morgan fingerprint density at radius 2 is 1.94 bits per heavy atom. The van der Waals surface area contributed by atoms with Gasteiger partial charge in [-0.15, -0.1) is 0 Å². The number of aliphatic hydroxyl groups excluding tert-OH is 1. The van der Waals surface area contributed by atoms with Crippen molar-refractivity contribution in [3.63, 3.8) is 0 Å². The van der Waals surface area contributed by atoms with Gasteiger partial charge in [0.25, 0.3) is 17.5 Å². The van der Waals surface area contributed by atoms with E-state index in [0.717, 1.165) is 13.2 Å². The molecule has 1 aliphatic heterocycles. The van der Waals surface area contributed by atoms with Gasteiger partial charge < -0.3 is 25.4 Å². The smallest absolute Gasteiger partial charge is 0.337 e. The topological polar surface area (TPSA) is 151 Å². The van der Waals surface area contributed by atoms with Crippen molar-refractivity contribution < 1.29 is 29.2 Å². The average molecular weight is 440 g/mol. The molecule has 0 aliphatic carbocycles. The maximum absolute atomic E-state index is 12.9. The molecule has 11 nitrogen and oxygen atoms in total. The molecule has 3 rings (SSSR count). The third-order valence-corrected chi connectivity index (χ3v) is 4.70. The highest BCUT2D eigenvalue weighted by Crippen LogP contribution is 2.28. The number of nitrogens with one attached hydrogen (secondary N) is 2. The number of hydrogen-bond donors (Lipinski definition) is 3. The monoisotopic (exact) mass is 440 g/mol. The summed E-state index contributed by atoms with van der Waals surface area (Å²) in [7, 11) is 1.16. The molecule has 0 spiro atoms. The fraction of sp³-hybridized carbons (Fsp3) is 0.190. The Hall–Kier alpha value is -4.25. The molecule has 0 aromatic heterocycles. The third-order valence-electron chi connectivity index (χ3n) is 4.70. The van der Waals surface area contributed by atoms with Crippen LogP contribution in [0.25, 0.3) is 0 Å². The molecule has 0 saturated heterocycles. The van der Waals surface area contributed by atoms with Crippen LogP contribution in [0.2, 0.25) is 0 Å². The van der Waals surface area contributed by atoms with Crippen LogP contribution in [0, 0.1) is 10.1 Å². The number of carbonyl (C=O) groups is 3. The highest BCUT2D eigenvalue weighted by atomic mass is 16.6. The molecule has 2 amide bonds. The van der Waals surface area contributed by atoms with Gasteiger partial charge in [-0.3, -0.25) is 19.7 Å². The predicted molar refractivity (Wildman–Crippen MR) is 114 cm³/mol. The van der Waals surface area contributed by atoms with Gasteiger partial charge >= 0.3 is 5.97 Å². The van der Waals surface area contributed by atoms with E-state index in [0.29, 0.717) is 5.69 Å². The molecule has 0 bridgehead atoms. The molecular formula is C21H20N4O7. The van der Waals surface area contributed by atoms with Gasteiger partial charge in [0.05, 0.1) is 42.0 Å². The number of para-hydroxylation sites is 1. The summed E-state index contributed by atoms with van der Waals surface area (Å²) < 4.78 is 4.74. The molecule has 1 aliphatic rings. The molecule has 3 N–H and O–H groups in total. The van der Waals surface area contributed by atoms with Gasteiger partial charge in [-0.1, -0.05) is 18.2 Å². The molecule has 11 heteroatoms. The van der Waals surface area contributed by atoms with Crippen LogP contribution in [0.5, 0.6) is 0 Å². The molecule has 2 aromatic rings. The first-order chi connectivity index (χ1) is 15.3. The van der Waals surface area contributed by atoms with Crippen LogP contribution in [0.1, 0.15) is 10.4 Å². The Bertz CT molecular complexity index is 1100. The van der Waals surface area contributed by atoms with E-state index in [-0.39, 0.29) is 47.9 Å². The summed E-state index contributed by atoms with van der Waals surface area (Å²) in [6.45, 7) is -0.408. The van der Waals surface area contributed by atoms with Crippen molar-refractivity contribution in [1.29, 1.82) is 0 Å². The predicted octanol–water partition coefficient (Wildman–Crippen LogP) is 1.52. The van der Waals surface area contributed by atoms with E-state index < -0.39 is 22.7 Å². The second-order valence-electron chi connectivity index (χ2n) is 6.73. The Morgan fingerprint density at radius 3 is 2.56 bits per heavy atom. The normalized spacial score (nSPS) is 13.2. The molecule has 0 radical (unpaired) electrons. The van der Waals surface area contributed by atoms with Crippen molar-refractivity contribution >= 4 is 34.8 Å². The lowest BCUT2D eigenvalue weighted by Gasteiger charge is -2.16. The van der Waals surface area contributed by atoms with Crippen LogP contribution in [-0.4, -0.2) is 59.5 Å². The Labute approximate surface area is 182 Å². The van der Waals surface area contributed by atoms with E-state index in [1.807, 2.05) is 0 Å². The van der Waals surface area contributed by atoms with Gasteiger partial charge in [0.1, 0.15) is 5.70 Å². The van der Waals surface area contributed by atoms with Crippen LogP contribution in [0.4, 0.5) is 17.1 Å². The number of anilines is 2. The number of non-ortho nitro benzene ring substituents is 1. The van der Waals surface area contributed by atoms with E-state index in [9.17, 15) is 29.6 Å². The lowest BCUT2D eigenvalue weighted by Crippen LogP contribution is -2.31. The first-order valence-corrected chi connectivity index (χ1v) is 9.49. The Kier molecular flexibility index (Phi) is 6.80. The SMILES string of the molecule is COC(=O)C1=C(Nc2ccc([N+](=O)[O-])cc2C(=O)Nc2ccccc2)C(=O)N(CCO)C1. The number of esters is 1. The molecule has 0 saturated carbocycles. The fourth-order valence-electron chi connectivity index (χ4n) is 3.15. The molecule has 166 valence electrons. The minimum Gasteiger partial charge on any atom is -0.466 e. The zero-order valence-electron chi connectivity index (χ0n) is 17.0. The number of β-amino-alcohol motifs (C(OH)–C–C–N with tert-alkyl or cyclic N) is 1. The zero-order valence-corrected chi connectivity index (χ0v) is 17.0. The van der Waals surface area contributed by atoms with E-state index in [2.05, 4.69) is 10.6 Å². The quantitative estimate of drug-likeness (QED) is 0.317. The third kappa shape index (κ3) is 4.73. The molecule has 2 aromatic carbocycles. The summed E-state index contributed by atoms with van der Waals surface area (Å²) in [6, 6.07) is 12.0. The first kappa shape index (κ1) is 22.4. The summed E-state index contributed by atoms with van der Waals surface area (Å²) >= 11 is 0. The molecule has 0 unspecified atom stereocenters. The summed E-state index contributed by atoms with van der Waals surface area (Å²) in [5.74, 6) is -1.98. The van der Waals surface area contributed by atoms with Gasteiger partial charge in [0.15, 0.2) is 0 Å². The largest absolute Gasteiger partial charge is 0.466 e. The van der Waals surface area contributed by atoms with Crippen molar-refractivity contribution in [3.8, 4) is 0 Å². The van der Waals surface area contributed by atoms with Crippen LogP contribution < -0.4 is 10.6 Å². The van der Waals surface area contributed by atoms with E-state index in [1.54, 1.807) is 30.3 Å². The van der Waals surface area contributed by atoms with Crippen LogP contribution in [-0.2, 0) is 14.3 Å². The van der Waals surface area contributed by atoms with Crippen molar-refractivity contribution in [3.05, 3.63) is 75.5 Å². The maximum atomic E-state index is 12.9. The van der Waals surface area contributed by atoms with Gasteiger partial charge in [0, 0.05) is 24.4 Å². The number of nitro benzene ring substituents is 1. The van der Waals surface area contributed by atoms with Crippen LogP contribution >= 0.6 is 0 Å². The van der Waals surface area contributed by atoms with E-state index in [1.165, 1.54) is 17.0 Å². The van der Waals surface area contributed by atoms with Crippen molar-refractivity contribution in [1.82, 2.24) is 4.90 Å². The summed E-state index contributed by atoms with van der Waals surface area (Å²) in [6.07, 6.45) is 0. The van der Waals surface area contributed by atoms with Crippen molar-refractivity contribution in [2.24, 2.45) is 0 Å². The fourth-order valence-corrected chi connectivity index (χ4v) is 3.15. The molecule has 0 fully saturated rings. The number of nitrogens with zero attached hydrogens (tertiary/aromatic N) is 2. The highest BCUT2D eigenvalue weighted by molar-refractivity contribution is 6.12. The summed E-state index contributed by atoms with van der Waals surface area (Å²) in [5, 5.41) is 25.8. The molecule has 32 heavy (non-hydrogen) atoms. The van der Waals surface area contributed by atoms with Gasteiger partial charge in [-0.25, -0.2) is 4.79 Å². The van der Waals surface area contributed by atoms with Crippen molar-refractivity contribution in [2.45, 2.75) is 0 Å². The van der Waals surface area contributed by atoms with Crippen molar-refractivity contribution in [2.75, 3.05) is 37.4 Å². The lowest BCUT2D eigenvalue weighted by atomic mass is 10.1. The summed E-state index contributed by atoms with van der Waals surface area (Å²) in [5.41, 5.74) is 0.00511. The molecule has 1 heterocycles. The number of amides is 2. The van der Waals surface area contributed by atoms with Crippen LogP contribution in [0.3, 0.4) is 0 Å². The maximum Gasteiger partial charge on any atom is 0.337 e. The lowest BCUT2D eigenvalue weighted by molar-refractivity contribution is -0.384. The van der Waals surface area contributed by atoms with E-state index >= 15 is 0 Å². The zero-order chi connectivity index (χ0) is 23.3. The number of ether oxygens (including phenoxy) is 1. The summed E-state index contributed by atoms with van der Waals surface area (Å²) in [4.78, 5) is 49.7. The number of carbonyl (C=O) groups excluding carboxylic acids is 3. The number of hydrogen-bond acceptors (Lipinski definition) is 8. The highest BCUT2D eigenvalue weighted by Gasteiger charge is 2.35.